The molecule has 1 aromatic carbocycles. The van der Waals surface area contributed by atoms with Gasteiger partial charge in [-0.2, -0.15) is 0 Å². The second kappa shape index (κ2) is 5.52. The fourth-order valence-corrected chi connectivity index (χ4v) is 2.34. The van der Waals surface area contributed by atoms with E-state index >= 15 is 0 Å². The molecular weight excluding hydrogens is 210 g/mol. The van der Waals surface area contributed by atoms with Gasteiger partial charge in [-0.15, -0.1) is 0 Å². The summed E-state index contributed by atoms with van der Waals surface area (Å²) in [6.07, 6.45) is 0. The Kier molecular flexibility index (Phi) is 4.02. The molecule has 3 heteroatoms. The first-order valence-corrected chi connectivity index (χ1v) is 6.48. The van der Waals surface area contributed by atoms with E-state index in [-0.39, 0.29) is 0 Å². The molecule has 17 heavy (non-hydrogen) atoms. The van der Waals surface area contributed by atoms with Crippen LogP contribution in [0.1, 0.15) is 19.4 Å². The predicted molar refractivity (Wildman–Crippen MR) is 73.3 cm³/mol. The maximum absolute atomic E-state index is 5.61. The van der Waals surface area contributed by atoms with Crippen molar-refractivity contribution in [1.29, 1.82) is 0 Å². The summed E-state index contributed by atoms with van der Waals surface area (Å²) in [6, 6.07) is 9.30. The zero-order valence-electron chi connectivity index (χ0n) is 10.9. The Labute approximate surface area is 104 Å². The highest BCUT2D eigenvalue weighted by molar-refractivity contribution is 5.48. The highest BCUT2D eigenvalue weighted by atomic mass is 15.3. The number of hydrogen-bond donors (Lipinski definition) is 1. The molecule has 94 valence electrons. The number of hydrogen-bond acceptors (Lipinski definition) is 3. The zero-order chi connectivity index (χ0) is 12.3. The number of benzene rings is 1. The average Bonchev–Trinajstić information content (AvgIpc) is 2.39. The van der Waals surface area contributed by atoms with Crippen molar-refractivity contribution in [1.82, 2.24) is 4.90 Å². The van der Waals surface area contributed by atoms with Crippen molar-refractivity contribution in [2.24, 2.45) is 5.73 Å². The van der Waals surface area contributed by atoms with E-state index in [1.54, 1.807) is 0 Å². The summed E-state index contributed by atoms with van der Waals surface area (Å²) in [5.74, 6) is 0. The summed E-state index contributed by atoms with van der Waals surface area (Å²) in [5, 5.41) is 0. The largest absolute Gasteiger partial charge is 0.369 e. The van der Waals surface area contributed by atoms with Gasteiger partial charge in [0, 0.05) is 44.5 Å². The lowest BCUT2D eigenvalue weighted by Gasteiger charge is -2.38. The highest BCUT2D eigenvalue weighted by Gasteiger charge is 2.18. The summed E-state index contributed by atoms with van der Waals surface area (Å²) in [6.45, 7) is 9.74. The Morgan fingerprint density at radius 3 is 2.12 bits per heavy atom. The Hall–Kier alpha value is -1.06. The number of rotatable bonds is 3. The summed E-state index contributed by atoms with van der Waals surface area (Å²) in [5.41, 5.74) is 8.14. The van der Waals surface area contributed by atoms with E-state index < -0.39 is 0 Å². The molecule has 0 spiro atoms. The van der Waals surface area contributed by atoms with Crippen LogP contribution in [-0.2, 0) is 6.54 Å². The summed E-state index contributed by atoms with van der Waals surface area (Å²) < 4.78 is 0. The summed E-state index contributed by atoms with van der Waals surface area (Å²) >= 11 is 0. The van der Waals surface area contributed by atoms with Gasteiger partial charge in [0.2, 0.25) is 0 Å². The van der Waals surface area contributed by atoms with Crippen LogP contribution in [0, 0.1) is 0 Å². The smallest absolute Gasteiger partial charge is 0.0367 e. The van der Waals surface area contributed by atoms with Gasteiger partial charge in [-0.1, -0.05) is 12.1 Å². The van der Waals surface area contributed by atoms with Gasteiger partial charge in [0.05, 0.1) is 0 Å². The molecule has 1 aliphatic rings. The van der Waals surface area contributed by atoms with Gasteiger partial charge >= 0.3 is 0 Å². The molecule has 0 atom stereocenters. The highest BCUT2D eigenvalue weighted by Crippen LogP contribution is 2.17. The molecular formula is C14H23N3. The van der Waals surface area contributed by atoms with Crippen LogP contribution in [0.2, 0.25) is 0 Å². The molecule has 0 saturated carbocycles. The third-order valence-corrected chi connectivity index (χ3v) is 3.58. The van der Waals surface area contributed by atoms with Gasteiger partial charge < -0.3 is 10.6 Å². The van der Waals surface area contributed by atoms with Crippen LogP contribution in [0.3, 0.4) is 0 Å². The molecule has 1 aromatic rings. The first-order chi connectivity index (χ1) is 8.20. The van der Waals surface area contributed by atoms with Crippen LogP contribution in [0.25, 0.3) is 0 Å². The van der Waals surface area contributed by atoms with Gasteiger partial charge in [-0.25, -0.2) is 0 Å². The minimum atomic E-state index is 0.626. The molecule has 1 aliphatic heterocycles. The lowest BCUT2D eigenvalue weighted by atomic mass is 10.1. The second-order valence-electron chi connectivity index (χ2n) is 4.99. The maximum atomic E-state index is 5.61. The predicted octanol–water partition coefficient (Wildman–Crippen LogP) is 1.68. The normalized spacial score (nSPS) is 17.8. The second-order valence-corrected chi connectivity index (χ2v) is 4.99. The van der Waals surface area contributed by atoms with Gasteiger partial charge in [-0.3, -0.25) is 4.90 Å². The van der Waals surface area contributed by atoms with E-state index in [4.69, 9.17) is 5.73 Å². The van der Waals surface area contributed by atoms with Crippen LogP contribution in [0.15, 0.2) is 24.3 Å². The van der Waals surface area contributed by atoms with Crippen molar-refractivity contribution in [3.8, 4) is 0 Å². The Morgan fingerprint density at radius 1 is 1.06 bits per heavy atom. The molecule has 2 rings (SSSR count). The van der Waals surface area contributed by atoms with E-state index in [1.165, 1.54) is 11.3 Å². The monoisotopic (exact) mass is 233 g/mol. The van der Waals surface area contributed by atoms with E-state index in [9.17, 15) is 0 Å². The van der Waals surface area contributed by atoms with Crippen LogP contribution in [-0.4, -0.2) is 37.1 Å². The molecule has 0 bridgehead atoms. The Bertz CT molecular complexity index is 337. The Morgan fingerprint density at radius 2 is 1.65 bits per heavy atom. The quantitative estimate of drug-likeness (QED) is 0.862. The maximum Gasteiger partial charge on any atom is 0.0367 e. The molecule has 0 aliphatic carbocycles. The SMILES string of the molecule is CC(C)N1CCN(c2ccc(CN)cc2)CC1. The Balaban J connectivity index is 1.95. The third kappa shape index (κ3) is 2.99. The van der Waals surface area contributed by atoms with Crippen LogP contribution >= 0.6 is 0 Å². The van der Waals surface area contributed by atoms with Gasteiger partial charge in [0.15, 0.2) is 0 Å². The number of piperazine rings is 1. The van der Waals surface area contributed by atoms with Crippen molar-refractivity contribution in [3.05, 3.63) is 29.8 Å². The first kappa shape index (κ1) is 12.4. The van der Waals surface area contributed by atoms with E-state index in [1.807, 2.05) is 0 Å². The van der Waals surface area contributed by atoms with Gasteiger partial charge in [0.1, 0.15) is 0 Å². The fourth-order valence-electron chi connectivity index (χ4n) is 2.34. The van der Waals surface area contributed by atoms with Gasteiger partial charge in [-0.05, 0) is 31.5 Å². The number of nitrogens with two attached hydrogens (primary N) is 1. The van der Waals surface area contributed by atoms with Crippen LogP contribution < -0.4 is 10.6 Å². The van der Waals surface area contributed by atoms with Crippen LogP contribution in [0.5, 0.6) is 0 Å². The molecule has 0 unspecified atom stereocenters. The van der Waals surface area contributed by atoms with E-state index in [0.717, 1.165) is 26.2 Å². The molecule has 0 amide bonds. The minimum Gasteiger partial charge on any atom is -0.369 e. The first-order valence-electron chi connectivity index (χ1n) is 6.48. The molecule has 1 saturated heterocycles. The van der Waals surface area contributed by atoms with E-state index in [0.29, 0.717) is 12.6 Å². The minimum absolute atomic E-state index is 0.626. The van der Waals surface area contributed by atoms with Crippen molar-refractivity contribution >= 4 is 5.69 Å². The number of nitrogens with zero attached hydrogens (tertiary/aromatic N) is 2. The molecule has 0 radical (unpaired) electrons. The fraction of sp³-hybridized carbons (Fsp3) is 0.571. The van der Waals surface area contributed by atoms with Crippen molar-refractivity contribution in [2.75, 3.05) is 31.1 Å². The lowest BCUT2D eigenvalue weighted by Crippen LogP contribution is -2.48. The number of anilines is 1. The molecule has 2 N–H and O–H groups in total. The van der Waals surface area contributed by atoms with Gasteiger partial charge in [0.25, 0.3) is 0 Å². The summed E-state index contributed by atoms with van der Waals surface area (Å²) in [4.78, 5) is 4.99. The summed E-state index contributed by atoms with van der Waals surface area (Å²) in [7, 11) is 0. The molecule has 3 nitrogen and oxygen atoms in total. The van der Waals surface area contributed by atoms with E-state index in [2.05, 4.69) is 47.9 Å². The zero-order valence-corrected chi connectivity index (χ0v) is 10.9. The molecule has 0 aromatic heterocycles. The lowest BCUT2D eigenvalue weighted by molar-refractivity contribution is 0.209. The molecule has 1 heterocycles. The third-order valence-electron chi connectivity index (χ3n) is 3.58. The van der Waals surface area contributed by atoms with Crippen LogP contribution in [0.4, 0.5) is 5.69 Å². The topological polar surface area (TPSA) is 32.5 Å². The van der Waals surface area contributed by atoms with Crippen molar-refractivity contribution in [3.63, 3.8) is 0 Å². The molecule has 1 fully saturated rings. The standard InChI is InChI=1S/C14H23N3/c1-12(2)16-7-9-17(10-8-16)14-5-3-13(11-15)4-6-14/h3-6,12H,7-11,15H2,1-2H3. The van der Waals surface area contributed by atoms with Crippen molar-refractivity contribution in [2.45, 2.75) is 26.4 Å². The van der Waals surface area contributed by atoms with Crippen molar-refractivity contribution < 1.29 is 0 Å². The average molecular weight is 233 g/mol.